The molecule has 0 spiro atoms. The molecular weight excluding hydrogens is 322 g/mol. The van der Waals surface area contributed by atoms with Crippen LogP contribution in [0, 0.1) is 12.8 Å². The van der Waals surface area contributed by atoms with Crippen molar-refractivity contribution in [2.45, 2.75) is 19.4 Å². The van der Waals surface area contributed by atoms with Crippen LogP contribution < -0.4 is 5.32 Å². The summed E-state index contributed by atoms with van der Waals surface area (Å²) in [7, 11) is 0. The summed E-state index contributed by atoms with van der Waals surface area (Å²) in [6.07, 6.45) is 2.88. The Bertz CT molecular complexity index is 735. The molecule has 2 atom stereocenters. The van der Waals surface area contributed by atoms with Gasteiger partial charge in [-0.05, 0) is 44.0 Å². The van der Waals surface area contributed by atoms with Crippen molar-refractivity contribution >= 4 is 18.3 Å². The Morgan fingerprint density at radius 2 is 2.17 bits per heavy atom. The van der Waals surface area contributed by atoms with Gasteiger partial charge >= 0.3 is 0 Å². The van der Waals surface area contributed by atoms with Crippen LogP contribution in [0.1, 0.15) is 22.3 Å². The van der Waals surface area contributed by atoms with Gasteiger partial charge in [-0.1, -0.05) is 23.8 Å². The van der Waals surface area contributed by atoms with Gasteiger partial charge in [0.2, 0.25) is 0 Å². The van der Waals surface area contributed by atoms with Crippen LogP contribution in [0.3, 0.4) is 0 Å². The molecule has 2 fully saturated rings. The number of rotatable bonds is 2. The summed E-state index contributed by atoms with van der Waals surface area (Å²) in [5, 5.41) is 3.44. The number of hydrogen-bond donors (Lipinski definition) is 1. The van der Waals surface area contributed by atoms with Crippen LogP contribution in [0.4, 0.5) is 0 Å². The van der Waals surface area contributed by atoms with E-state index in [1.807, 2.05) is 48.2 Å². The maximum atomic E-state index is 13.1. The summed E-state index contributed by atoms with van der Waals surface area (Å²) < 4.78 is 0. The van der Waals surface area contributed by atoms with E-state index >= 15 is 0 Å². The second-order valence-electron chi connectivity index (χ2n) is 6.58. The van der Waals surface area contributed by atoms with Crippen molar-refractivity contribution < 1.29 is 4.79 Å². The summed E-state index contributed by atoms with van der Waals surface area (Å²) in [6.45, 7) is 4.81. The second-order valence-corrected chi connectivity index (χ2v) is 6.58. The first-order chi connectivity index (χ1) is 11.2. The van der Waals surface area contributed by atoms with Crippen molar-refractivity contribution in [2.75, 3.05) is 19.6 Å². The number of amides is 1. The highest BCUT2D eigenvalue weighted by Gasteiger charge is 2.37. The number of fused-ring (bicyclic) bond motifs is 1. The fourth-order valence-corrected chi connectivity index (χ4v) is 3.55. The van der Waals surface area contributed by atoms with Gasteiger partial charge in [0, 0.05) is 36.5 Å². The smallest absolute Gasteiger partial charge is 0.254 e. The molecular formula is C19H22ClN3O. The van der Waals surface area contributed by atoms with E-state index in [1.54, 1.807) is 6.20 Å². The van der Waals surface area contributed by atoms with Crippen molar-refractivity contribution in [3.63, 3.8) is 0 Å². The number of nitrogens with one attached hydrogen (secondary N) is 1. The van der Waals surface area contributed by atoms with Crippen molar-refractivity contribution in [3.8, 4) is 11.3 Å². The first-order valence-corrected chi connectivity index (χ1v) is 8.27. The van der Waals surface area contributed by atoms with Crippen LogP contribution >= 0.6 is 12.4 Å². The monoisotopic (exact) mass is 343 g/mol. The number of piperidine rings is 1. The summed E-state index contributed by atoms with van der Waals surface area (Å²) in [4.78, 5) is 19.5. The van der Waals surface area contributed by atoms with Crippen LogP contribution in [-0.2, 0) is 0 Å². The van der Waals surface area contributed by atoms with Crippen molar-refractivity contribution in [2.24, 2.45) is 5.92 Å². The number of pyridine rings is 1. The normalized spacial score (nSPS) is 22.1. The molecule has 1 amide bonds. The molecule has 0 saturated carbocycles. The fourth-order valence-electron chi connectivity index (χ4n) is 3.55. The molecule has 2 saturated heterocycles. The predicted octanol–water partition coefficient (Wildman–Crippen LogP) is 2.91. The largest absolute Gasteiger partial charge is 0.337 e. The van der Waals surface area contributed by atoms with Crippen LogP contribution in [0.25, 0.3) is 11.3 Å². The topological polar surface area (TPSA) is 45.2 Å². The molecule has 2 aliphatic heterocycles. The van der Waals surface area contributed by atoms with Gasteiger partial charge in [0.1, 0.15) is 0 Å². The third-order valence-electron chi connectivity index (χ3n) is 5.03. The van der Waals surface area contributed by atoms with Crippen LogP contribution in [0.5, 0.6) is 0 Å². The summed E-state index contributed by atoms with van der Waals surface area (Å²) in [6, 6.07) is 12.3. The predicted molar refractivity (Wildman–Crippen MR) is 97.5 cm³/mol. The van der Waals surface area contributed by atoms with Gasteiger partial charge in [-0.25, -0.2) is 0 Å². The lowest BCUT2D eigenvalue weighted by atomic mass is 9.84. The molecule has 2 aliphatic rings. The minimum absolute atomic E-state index is 0. The zero-order valence-corrected chi connectivity index (χ0v) is 14.6. The van der Waals surface area contributed by atoms with E-state index in [0.717, 1.165) is 54.4 Å². The molecule has 4 rings (SSSR count). The maximum Gasteiger partial charge on any atom is 0.254 e. The van der Waals surface area contributed by atoms with Crippen LogP contribution in [0.2, 0.25) is 0 Å². The summed E-state index contributed by atoms with van der Waals surface area (Å²) in [5.74, 6) is 0.883. The first kappa shape index (κ1) is 16.9. The Labute approximate surface area is 148 Å². The number of likely N-dealkylation sites (tertiary alicyclic amines) is 1. The standard InChI is InChI=1S/C19H21N3O.ClH/c1-13-5-6-15(17-4-2-3-8-20-17)16(10-13)19(23)22-9-7-14-11-21-18(14)12-22;/h2-6,8,10,14,18,21H,7,9,11-12H2,1H3;1H/t14-,18-;/m0./s1. The third kappa shape index (κ3) is 3.04. The van der Waals surface area contributed by atoms with Crippen molar-refractivity contribution in [1.29, 1.82) is 0 Å². The number of aromatic nitrogens is 1. The Morgan fingerprint density at radius 3 is 2.83 bits per heavy atom. The molecule has 0 unspecified atom stereocenters. The molecule has 1 aromatic heterocycles. The van der Waals surface area contributed by atoms with E-state index < -0.39 is 0 Å². The Hall–Kier alpha value is -1.91. The maximum absolute atomic E-state index is 13.1. The molecule has 1 N–H and O–H groups in total. The zero-order valence-electron chi connectivity index (χ0n) is 13.7. The average molecular weight is 344 g/mol. The molecule has 0 aliphatic carbocycles. The Balaban J connectivity index is 0.00000169. The van der Waals surface area contributed by atoms with E-state index in [-0.39, 0.29) is 18.3 Å². The summed E-state index contributed by atoms with van der Waals surface area (Å²) in [5.41, 5.74) is 3.64. The molecule has 1 aromatic carbocycles. The number of hydrogen-bond acceptors (Lipinski definition) is 3. The van der Waals surface area contributed by atoms with Gasteiger partial charge in [0.25, 0.3) is 5.91 Å². The lowest BCUT2D eigenvalue weighted by Gasteiger charge is -2.46. The summed E-state index contributed by atoms with van der Waals surface area (Å²) >= 11 is 0. The number of benzene rings is 1. The number of aryl methyl sites for hydroxylation is 1. The second kappa shape index (κ2) is 6.91. The van der Waals surface area contributed by atoms with Gasteiger partial charge < -0.3 is 10.2 Å². The number of carbonyl (C=O) groups is 1. The molecule has 5 heteroatoms. The van der Waals surface area contributed by atoms with Gasteiger partial charge in [-0.2, -0.15) is 0 Å². The minimum atomic E-state index is 0. The van der Waals surface area contributed by atoms with Gasteiger partial charge in [-0.3, -0.25) is 9.78 Å². The van der Waals surface area contributed by atoms with Crippen molar-refractivity contribution in [1.82, 2.24) is 15.2 Å². The number of nitrogens with zero attached hydrogens (tertiary/aromatic N) is 2. The number of carbonyl (C=O) groups excluding carboxylic acids is 1. The highest BCUT2D eigenvalue weighted by Crippen LogP contribution is 2.28. The average Bonchev–Trinajstić information content (AvgIpc) is 2.56. The molecule has 126 valence electrons. The van der Waals surface area contributed by atoms with Gasteiger partial charge in [-0.15, -0.1) is 12.4 Å². The lowest BCUT2D eigenvalue weighted by Crippen LogP contribution is -2.62. The molecule has 2 aromatic rings. The fraction of sp³-hybridized carbons (Fsp3) is 0.368. The molecule has 0 radical (unpaired) electrons. The van der Waals surface area contributed by atoms with Gasteiger partial charge in [0.15, 0.2) is 0 Å². The molecule has 4 nitrogen and oxygen atoms in total. The SMILES string of the molecule is Cc1ccc(-c2ccccn2)c(C(=O)N2CC[C@H]3CN[C@H]3C2)c1.Cl. The highest BCUT2D eigenvalue weighted by atomic mass is 35.5. The Morgan fingerprint density at radius 1 is 1.29 bits per heavy atom. The Kier molecular flexibility index (Phi) is 4.88. The van der Waals surface area contributed by atoms with Crippen molar-refractivity contribution in [3.05, 3.63) is 53.7 Å². The quantitative estimate of drug-likeness (QED) is 0.912. The molecule has 3 heterocycles. The molecule has 0 bridgehead atoms. The van der Waals surface area contributed by atoms with E-state index in [9.17, 15) is 4.79 Å². The first-order valence-electron chi connectivity index (χ1n) is 8.27. The van der Waals surface area contributed by atoms with E-state index in [2.05, 4.69) is 10.3 Å². The van der Waals surface area contributed by atoms with E-state index in [1.165, 1.54) is 0 Å². The van der Waals surface area contributed by atoms with E-state index in [4.69, 9.17) is 0 Å². The van der Waals surface area contributed by atoms with Crippen LogP contribution in [0.15, 0.2) is 42.6 Å². The molecule has 24 heavy (non-hydrogen) atoms. The highest BCUT2D eigenvalue weighted by molar-refractivity contribution is 6.00. The van der Waals surface area contributed by atoms with Crippen LogP contribution in [-0.4, -0.2) is 41.5 Å². The van der Waals surface area contributed by atoms with E-state index in [0.29, 0.717) is 6.04 Å². The third-order valence-corrected chi connectivity index (χ3v) is 5.03. The zero-order chi connectivity index (χ0) is 15.8. The minimum Gasteiger partial charge on any atom is -0.337 e. The van der Waals surface area contributed by atoms with Gasteiger partial charge in [0.05, 0.1) is 5.69 Å². The lowest BCUT2D eigenvalue weighted by molar-refractivity contribution is 0.0519. The number of halogens is 1.